The topological polar surface area (TPSA) is 34.9 Å². The Morgan fingerprint density at radius 3 is 2.56 bits per heavy atom. The molecule has 0 atom stereocenters. The van der Waals surface area contributed by atoms with Gasteiger partial charge in [0.25, 0.3) is 0 Å². The summed E-state index contributed by atoms with van der Waals surface area (Å²) in [7, 11) is 1.74. The van der Waals surface area contributed by atoms with Gasteiger partial charge in [-0.25, -0.2) is 8.78 Å². The molecule has 0 aliphatic carbocycles. The summed E-state index contributed by atoms with van der Waals surface area (Å²) in [5, 5.41) is 4.12. The third-order valence-electron chi connectivity index (χ3n) is 2.68. The predicted molar refractivity (Wildman–Crippen MR) is 62.3 cm³/mol. The molecular weight excluding hydrogens is 238 g/mol. The number of aryl methyl sites for hydroxylation is 2. The van der Waals surface area contributed by atoms with Crippen LogP contribution in [0.4, 0.5) is 8.78 Å². The van der Waals surface area contributed by atoms with E-state index >= 15 is 0 Å². The number of halogens is 2. The zero-order valence-electron chi connectivity index (χ0n) is 10.1. The molecular formula is C13H12F2N2O. The van der Waals surface area contributed by atoms with E-state index in [1.807, 2.05) is 6.92 Å². The molecule has 0 unspecified atom stereocenters. The zero-order valence-corrected chi connectivity index (χ0v) is 10.1. The van der Waals surface area contributed by atoms with E-state index in [1.165, 1.54) is 6.07 Å². The maximum absolute atomic E-state index is 13.0. The lowest BCUT2D eigenvalue weighted by atomic mass is 10.1. The Labute approximate surface area is 103 Å². The molecule has 5 heteroatoms. The highest BCUT2D eigenvalue weighted by molar-refractivity contribution is 5.97. The van der Waals surface area contributed by atoms with E-state index in [0.717, 1.165) is 23.5 Å². The number of hydrogen-bond acceptors (Lipinski definition) is 2. The fraction of sp³-hybridized carbons (Fsp3) is 0.231. The van der Waals surface area contributed by atoms with Crippen LogP contribution in [0.1, 0.15) is 21.7 Å². The van der Waals surface area contributed by atoms with Gasteiger partial charge in [-0.1, -0.05) is 0 Å². The molecule has 1 heterocycles. The zero-order chi connectivity index (χ0) is 13.3. The Morgan fingerprint density at radius 1 is 1.28 bits per heavy atom. The first kappa shape index (κ1) is 12.4. The van der Waals surface area contributed by atoms with E-state index in [0.29, 0.717) is 0 Å². The van der Waals surface area contributed by atoms with E-state index in [9.17, 15) is 13.6 Å². The number of hydrogen-bond donors (Lipinski definition) is 0. The molecule has 0 bridgehead atoms. The largest absolute Gasteiger partial charge is 0.294 e. The third kappa shape index (κ3) is 2.45. The quantitative estimate of drug-likeness (QED) is 0.784. The van der Waals surface area contributed by atoms with Crippen molar-refractivity contribution in [2.24, 2.45) is 7.05 Å². The molecule has 0 N–H and O–H groups in total. The molecule has 3 nitrogen and oxygen atoms in total. The maximum atomic E-state index is 13.0. The molecule has 1 aromatic heterocycles. The Hall–Kier alpha value is -2.04. The summed E-state index contributed by atoms with van der Waals surface area (Å²) >= 11 is 0. The number of aromatic nitrogens is 2. The van der Waals surface area contributed by atoms with Gasteiger partial charge in [-0.2, -0.15) is 5.10 Å². The molecule has 0 spiro atoms. The fourth-order valence-corrected chi connectivity index (χ4v) is 1.77. The van der Waals surface area contributed by atoms with Crippen LogP contribution in [0.25, 0.3) is 0 Å². The van der Waals surface area contributed by atoms with Crippen molar-refractivity contribution in [3.63, 3.8) is 0 Å². The molecule has 0 fully saturated rings. The van der Waals surface area contributed by atoms with Gasteiger partial charge in [0.15, 0.2) is 17.4 Å². The molecule has 0 radical (unpaired) electrons. The molecule has 94 valence electrons. The van der Waals surface area contributed by atoms with Gasteiger partial charge in [0.1, 0.15) is 0 Å². The van der Waals surface area contributed by atoms with Crippen LogP contribution in [0.15, 0.2) is 24.3 Å². The summed E-state index contributed by atoms with van der Waals surface area (Å²) in [4.78, 5) is 11.9. The van der Waals surface area contributed by atoms with Crippen LogP contribution in [0, 0.1) is 18.6 Å². The number of rotatable bonds is 3. The van der Waals surface area contributed by atoms with Gasteiger partial charge < -0.3 is 0 Å². The van der Waals surface area contributed by atoms with Crippen LogP contribution in [0.3, 0.4) is 0 Å². The minimum Gasteiger partial charge on any atom is -0.294 e. The van der Waals surface area contributed by atoms with Crippen molar-refractivity contribution in [1.82, 2.24) is 9.78 Å². The van der Waals surface area contributed by atoms with Gasteiger partial charge in [-0.3, -0.25) is 9.48 Å². The lowest BCUT2D eigenvalue weighted by molar-refractivity contribution is 0.0990. The van der Waals surface area contributed by atoms with Gasteiger partial charge in [0, 0.05) is 18.3 Å². The van der Waals surface area contributed by atoms with Gasteiger partial charge in [0.05, 0.1) is 12.1 Å². The van der Waals surface area contributed by atoms with Gasteiger partial charge in [-0.15, -0.1) is 0 Å². The smallest absolute Gasteiger partial charge is 0.168 e. The number of ketones is 1. The first-order valence-electron chi connectivity index (χ1n) is 5.45. The van der Waals surface area contributed by atoms with E-state index in [1.54, 1.807) is 17.8 Å². The Morgan fingerprint density at radius 2 is 2.00 bits per heavy atom. The average molecular weight is 250 g/mol. The number of Topliss-reactive ketones (excluding diaryl/α,β-unsaturated/α-hetero) is 1. The number of carbonyl (C=O) groups is 1. The Balaban J connectivity index is 2.22. The molecule has 0 aliphatic heterocycles. The van der Waals surface area contributed by atoms with Gasteiger partial charge >= 0.3 is 0 Å². The normalized spacial score (nSPS) is 10.7. The third-order valence-corrected chi connectivity index (χ3v) is 2.68. The highest BCUT2D eigenvalue weighted by Gasteiger charge is 2.13. The standard InChI is InChI=1S/C13H12F2N2O/c1-8-5-10(17(2)16-8)7-13(18)9-3-4-11(14)12(15)6-9/h3-6H,7H2,1-2H3. The average Bonchev–Trinajstić information content (AvgIpc) is 2.61. The van der Waals surface area contributed by atoms with Crippen LogP contribution < -0.4 is 0 Å². The predicted octanol–water partition coefficient (Wildman–Crippen LogP) is 2.43. The lowest BCUT2D eigenvalue weighted by Gasteiger charge is -2.02. The van der Waals surface area contributed by atoms with Crippen molar-refractivity contribution in [3.05, 3.63) is 52.9 Å². The molecule has 0 amide bonds. The molecule has 0 aliphatic rings. The van der Waals surface area contributed by atoms with Crippen molar-refractivity contribution in [1.29, 1.82) is 0 Å². The molecule has 0 saturated heterocycles. The van der Waals surface area contributed by atoms with Crippen molar-refractivity contribution in [3.8, 4) is 0 Å². The van der Waals surface area contributed by atoms with Crippen LogP contribution in [0.2, 0.25) is 0 Å². The van der Waals surface area contributed by atoms with Crippen LogP contribution >= 0.6 is 0 Å². The van der Waals surface area contributed by atoms with Crippen LogP contribution in [0.5, 0.6) is 0 Å². The number of carbonyl (C=O) groups excluding carboxylic acids is 1. The minimum atomic E-state index is -1.01. The highest BCUT2D eigenvalue weighted by Crippen LogP contribution is 2.12. The first-order valence-corrected chi connectivity index (χ1v) is 5.45. The van der Waals surface area contributed by atoms with Crippen molar-refractivity contribution in [2.45, 2.75) is 13.3 Å². The van der Waals surface area contributed by atoms with E-state index < -0.39 is 11.6 Å². The SMILES string of the molecule is Cc1cc(CC(=O)c2ccc(F)c(F)c2)n(C)n1. The monoisotopic (exact) mass is 250 g/mol. The molecule has 2 rings (SSSR count). The Bertz CT molecular complexity index is 605. The van der Waals surface area contributed by atoms with Gasteiger partial charge in [0.2, 0.25) is 0 Å². The molecule has 1 aromatic carbocycles. The maximum Gasteiger partial charge on any atom is 0.168 e. The number of benzene rings is 1. The highest BCUT2D eigenvalue weighted by atomic mass is 19.2. The second kappa shape index (κ2) is 4.68. The molecule has 2 aromatic rings. The summed E-state index contributed by atoms with van der Waals surface area (Å²) < 4.78 is 27.4. The summed E-state index contributed by atoms with van der Waals surface area (Å²) in [5.41, 5.74) is 1.71. The van der Waals surface area contributed by atoms with Crippen LogP contribution in [-0.2, 0) is 13.5 Å². The summed E-state index contributed by atoms with van der Waals surface area (Å²) in [5.74, 6) is -2.23. The summed E-state index contributed by atoms with van der Waals surface area (Å²) in [6.07, 6.45) is 0.114. The molecule has 0 saturated carbocycles. The van der Waals surface area contributed by atoms with Crippen molar-refractivity contribution in [2.75, 3.05) is 0 Å². The summed E-state index contributed by atoms with van der Waals surface area (Å²) in [6.45, 7) is 1.82. The van der Waals surface area contributed by atoms with Crippen LogP contribution in [-0.4, -0.2) is 15.6 Å². The van der Waals surface area contributed by atoms with Gasteiger partial charge in [-0.05, 0) is 31.2 Å². The minimum absolute atomic E-state index is 0.114. The second-order valence-corrected chi connectivity index (χ2v) is 4.13. The Kier molecular flexibility index (Phi) is 3.23. The molecule has 18 heavy (non-hydrogen) atoms. The lowest BCUT2D eigenvalue weighted by Crippen LogP contribution is -2.08. The fourth-order valence-electron chi connectivity index (χ4n) is 1.77. The first-order chi connectivity index (χ1) is 8.47. The number of nitrogens with zero attached hydrogens (tertiary/aromatic N) is 2. The van der Waals surface area contributed by atoms with E-state index in [2.05, 4.69) is 5.10 Å². The van der Waals surface area contributed by atoms with E-state index in [-0.39, 0.29) is 17.8 Å². The van der Waals surface area contributed by atoms with Crippen molar-refractivity contribution >= 4 is 5.78 Å². The van der Waals surface area contributed by atoms with Crippen molar-refractivity contribution < 1.29 is 13.6 Å². The van der Waals surface area contributed by atoms with E-state index in [4.69, 9.17) is 0 Å². The summed E-state index contributed by atoms with van der Waals surface area (Å²) in [6, 6.07) is 4.94. The second-order valence-electron chi connectivity index (χ2n) is 4.13.